The largest absolute Gasteiger partial charge is 0.493 e. The molecular formula is C22H19IN2O3. The minimum Gasteiger partial charge on any atom is -0.493 e. The van der Waals surface area contributed by atoms with Crippen molar-refractivity contribution in [1.82, 2.24) is 0 Å². The second kappa shape index (κ2) is 9.82. The van der Waals surface area contributed by atoms with E-state index in [9.17, 15) is 10.1 Å². The SMILES string of the molecule is C#CCOc1c(I)cc(/C=C(\C#N)C(=O)Nc2ccc(C)cc2C)cc1OC. The van der Waals surface area contributed by atoms with Gasteiger partial charge in [0.1, 0.15) is 18.2 Å². The molecule has 142 valence electrons. The van der Waals surface area contributed by atoms with Gasteiger partial charge in [-0.05, 0) is 71.8 Å². The highest BCUT2D eigenvalue weighted by atomic mass is 127. The topological polar surface area (TPSA) is 71.3 Å². The van der Waals surface area contributed by atoms with Crippen molar-refractivity contribution < 1.29 is 14.3 Å². The van der Waals surface area contributed by atoms with Crippen LogP contribution in [0.1, 0.15) is 16.7 Å². The average Bonchev–Trinajstić information content (AvgIpc) is 2.66. The highest BCUT2D eigenvalue weighted by molar-refractivity contribution is 14.1. The number of aryl methyl sites for hydroxylation is 2. The van der Waals surface area contributed by atoms with E-state index in [2.05, 4.69) is 33.8 Å². The number of ether oxygens (including phenoxy) is 2. The van der Waals surface area contributed by atoms with Crippen molar-refractivity contribution in [3.63, 3.8) is 0 Å². The molecule has 28 heavy (non-hydrogen) atoms. The molecule has 0 unspecified atom stereocenters. The number of carbonyl (C=O) groups is 1. The molecule has 0 heterocycles. The Kier molecular flexibility index (Phi) is 7.48. The molecule has 5 nitrogen and oxygen atoms in total. The summed E-state index contributed by atoms with van der Waals surface area (Å²) in [4.78, 5) is 12.6. The van der Waals surface area contributed by atoms with Gasteiger partial charge >= 0.3 is 0 Å². The van der Waals surface area contributed by atoms with Crippen LogP contribution in [0.2, 0.25) is 0 Å². The Bertz CT molecular complexity index is 1010. The van der Waals surface area contributed by atoms with Gasteiger partial charge in [-0.25, -0.2) is 0 Å². The maximum absolute atomic E-state index is 12.6. The van der Waals surface area contributed by atoms with E-state index >= 15 is 0 Å². The van der Waals surface area contributed by atoms with Crippen molar-refractivity contribution in [2.75, 3.05) is 19.0 Å². The number of rotatable bonds is 6. The molecule has 0 spiro atoms. The maximum atomic E-state index is 12.6. The van der Waals surface area contributed by atoms with Crippen LogP contribution in [0.3, 0.4) is 0 Å². The fourth-order valence-corrected chi connectivity index (χ4v) is 3.32. The molecule has 0 saturated carbocycles. The van der Waals surface area contributed by atoms with E-state index < -0.39 is 5.91 Å². The van der Waals surface area contributed by atoms with Crippen molar-refractivity contribution in [1.29, 1.82) is 5.26 Å². The first kappa shape index (κ1) is 21.3. The number of halogens is 1. The molecule has 0 aliphatic carbocycles. The number of nitrogens with zero attached hydrogens (tertiary/aromatic N) is 1. The molecule has 2 rings (SSSR count). The Hall–Kier alpha value is -2.97. The van der Waals surface area contributed by atoms with Crippen LogP contribution in [0.25, 0.3) is 6.08 Å². The van der Waals surface area contributed by atoms with Crippen LogP contribution in [-0.4, -0.2) is 19.6 Å². The van der Waals surface area contributed by atoms with Gasteiger partial charge in [-0.1, -0.05) is 23.6 Å². The van der Waals surface area contributed by atoms with Gasteiger partial charge < -0.3 is 14.8 Å². The predicted octanol–water partition coefficient (Wildman–Crippen LogP) is 4.47. The summed E-state index contributed by atoms with van der Waals surface area (Å²) in [6.07, 6.45) is 6.75. The van der Waals surface area contributed by atoms with E-state index in [1.54, 1.807) is 12.1 Å². The summed E-state index contributed by atoms with van der Waals surface area (Å²) in [6.45, 7) is 4.00. The van der Waals surface area contributed by atoms with Gasteiger partial charge in [0.15, 0.2) is 11.5 Å². The zero-order valence-corrected chi connectivity index (χ0v) is 18.0. The van der Waals surface area contributed by atoms with Gasteiger partial charge in [0.25, 0.3) is 5.91 Å². The highest BCUT2D eigenvalue weighted by Gasteiger charge is 2.14. The van der Waals surface area contributed by atoms with Gasteiger partial charge in [-0.15, -0.1) is 6.42 Å². The third kappa shape index (κ3) is 5.28. The van der Waals surface area contributed by atoms with E-state index in [0.717, 1.165) is 14.7 Å². The normalized spacial score (nSPS) is 10.6. The molecular weight excluding hydrogens is 467 g/mol. The maximum Gasteiger partial charge on any atom is 0.266 e. The molecule has 0 atom stereocenters. The van der Waals surface area contributed by atoms with Gasteiger partial charge in [-0.2, -0.15) is 5.26 Å². The monoisotopic (exact) mass is 486 g/mol. The number of terminal acetylenes is 1. The molecule has 0 bridgehead atoms. The lowest BCUT2D eigenvalue weighted by Crippen LogP contribution is -2.14. The second-order valence-electron chi connectivity index (χ2n) is 5.97. The Labute approximate surface area is 178 Å². The summed E-state index contributed by atoms with van der Waals surface area (Å²) in [6, 6.07) is 11.1. The number of nitrogens with one attached hydrogen (secondary N) is 1. The smallest absolute Gasteiger partial charge is 0.266 e. The number of carbonyl (C=O) groups excluding carboxylic acids is 1. The molecule has 0 saturated heterocycles. The molecule has 0 radical (unpaired) electrons. The quantitative estimate of drug-likeness (QED) is 0.283. The van der Waals surface area contributed by atoms with Crippen LogP contribution >= 0.6 is 22.6 Å². The molecule has 0 aliphatic heterocycles. The first-order valence-corrected chi connectivity index (χ1v) is 9.41. The van der Waals surface area contributed by atoms with Crippen molar-refractivity contribution >= 4 is 40.3 Å². The molecule has 0 fully saturated rings. The Morgan fingerprint density at radius 1 is 1.32 bits per heavy atom. The number of hydrogen-bond acceptors (Lipinski definition) is 4. The molecule has 2 aromatic carbocycles. The summed E-state index contributed by atoms with van der Waals surface area (Å²) in [5.74, 6) is 2.93. The average molecular weight is 486 g/mol. The molecule has 2 aromatic rings. The fourth-order valence-electron chi connectivity index (χ4n) is 2.54. The standard InChI is InChI=1S/C22H19IN2O3/c1-5-8-28-21-18(23)11-16(12-20(21)27-4)10-17(13-24)22(26)25-19-7-6-14(2)9-15(19)3/h1,6-7,9-12H,8H2,2-4H3,(H,25,26)/b17-10+. The van der Waals surface area contributed by atoms with Gasteiger partial charge in [0.05, 0.1) is 10.7 Å². The number of amides is 1. The van der Waals surface area contributed by atoms with Gasteiger partial charge in [0.2, 0.25) is 0 Å². The van der Waals surface area contributed by atoms with Crippen molar-refractivity contribution in [3.05, 3.63) is 56.2 Å². The third-order valence-corrected chi connectivity index (χ3v) is 4.66. The van der Waals surface area contributed by atoms with Crippen LogP contribution < -0.4 is 14.8 Å². The van der Waals surface area contributed by atoms with Crippen molar-refractivity contribution in [3.8, 4) is 29.9 Å². The fraction of sp³-hybridized carbons (Fsp3) is 0.182. The van der Waals surface area contributed by atoms with E-state index in [4.69, 9.17) is 15.9 Å². The van der Waals surface area contributed by atoms with E-state index in [1.807, 2.05) is 38.1 Å². The number of methoxy groups -OCH3 is 1. The van der Waals surface area contributed by atoms with Crippen LogP contribution in [0, 0.1) is 41.1 Å². The zero-order chi connectivity index (χ0) is 20.7. The Balaban J connectivity index is 2.33. The van der Waals surface area contributed by atoms with Gasteiger partial charge in [0, 0.05) is 5.69 Å². The van der Waals surface area contributed by atoms with Crippen molar-refractivity contribution in [2.45, 2.75) is 13.8 Å². The molecule has 1 amide bonds. The highest BCUT2D eigenvalue weighted by Crippen LogP contribution is 2.34. The van der Waals surface area contributed by atoms with Crippen LogP contribution in [-0.2, 0) is 4.79 Å². The summed E-state index contributed by atoms with van der Waals surface area (Å²) in [5, 5.41) is 12.2. The Morgan fingerprint density at radius 3 is 2.68 bits per heavy atom. The minimum absolute atomic E-state index is 0.0184. The summed E-state index contributed by atoms with van der Waals surface area (Å²) >= 11 is 2.09. The van der Waals surface area contributed by atoms with Crippen LogP contribution in [0.5, 0.6) is 11.5 Å². The van der Waals surface area contributed by atoms with Crippen molar-refractivity contribution in [2.24, 2.45) is 0 Å². The van der Waals surface area contributed by atoms with Gasteiger partial charge in [-0.3, -0.25) is 4.79 Å². The predicted molar refractivity (Wildman–Crippen MR) is 118 cm³/mol. The lowest BCUT2D eigenvalue weighted by Gasteiger charge is -2.12. The first-order valence-electron chi connectivity index (χ1n) is 8.33. The van der Waals surface area contributed by atoms with E-state index in [1.165, 1.54) is 13.2 Å². The summed E-state index contributed by atoms with van der Waals surface area (Å²) in [5.41, 5.74) is 3.32. The van der Waals surface area contributed by atoms with Crippen LogP contribution in [0.15, 0.2) is 35.9 Å². The summed E-state index contributed by atoms with van der Waals surface area (Å²) in [7, 11) is 1.51. The minimum atomic E-state index is -0.476. The molecule has 6 heteroatoms. The third-order valence-electron chi connectivity index (χ3n) is 3.86. The molecule has 0 aromatic heterocycles. The Morgan fingerprint density at radius 2 is 2.07 bits per heavy atom. The lowest BCUT2D eigenvalue weighted by atomic mass is 10.1. The lowest BCUT2D eigenvalue weighted by molar-refractivity contribution is -0.112. The number of nitriles is 1. The number of hydrogen-bond donors (Lipinski definition) is 1. The number of anilines is 1. The van der Waals surface area contributed by atoms with E-state index in [0.29, 0.717) is 22.7 Å². The summed E-state index contributed by atoms with van der Waals surface area (Å²) < 4.78 is 11.6. The number of benzene rings is 2. The molecule has 0 aliphatic rings. The van der Waals surface area contributed by atoms with Crippen LogP contribution in [0.4, 0.5) is 5.69 Å². The molecule has 1 N–H and O–H groups in total. The first-order chi connectivity index (χ1) is 13.4. The van der Waals surface area contributed by atoms with E-state index in [-0.39, 0.29) is 12.2 Å². The second-order valence-corrected chi connectivity index (χ2v) is 7.13. The zero-order valence-electron chi connectivity index (χ0n) is 15.8.